The highest BCUT2D eigenvalue weighted by Gasteiger charge is 2.20. The van der Waals surface area contributed by atoms with E-state index in [0.717, 1.165) is 16.7 Å². The van der Waals surface area contributed by atoms with Crippen LogP contribution in [0.2, 0.25) is 5.02 Å². The molecule has 4 aromatic rings. The number of fused-ring (bicyclic) bond motifs is 1. The van der Waals surface area contributed by atoms with Crippen LogP contribution in [0.3, 0.4) is 0 Å². The van der Waals surface area contributed by atoms with Gasteiger partial charge in [0, 0.05) is 17.4 Å². The average molecular weight is 404 g/mol. The average Bonchev–Trinajstić information content (AvgIpc) is 2.74. The lowest BCUT2D eigenvalue weighted by molar-refractivity contribution is 0.0941. The highest BCUT2D eigenvalue weighted by molar-refractivity contribution is 6.30. The van der Waals surface area contributed by atoms with Crippen molar-refractivity contribution in [1.82, 2.24) is 14.7 Å². The smallest absolute Gasteiger partial charge is 0.270 e. The van der Waals surface area contributed by atoms with Crippen LogP contribution in [-0.2, 0) is 0 Å². The molecule has 1 N–H and O–H groups in total. The Morgan fingerprint density at radius 1 is 1.00 bits per heavy atom. The molecule has 6 heteroatoms. The standard InChI is InChI=1S/C23H18ClN3O2/c1-15-7-12-20-25-13-19(23(29)27(20)14-15)22(28)26-21(16-5-3-2-4-6-16)17-8-10-18(24)11-9-17/h2-14,21H,1H3,(H,26,28). The zero-order valence-electron chi connectivity index (χ0n) is 15.7. The van der Waals surface area contributed by atoms with Crippen molar-refractivity contribution in [2.24, 2.45) is 0 Å². The molecule has 2 heterocycles. The molecule has 29 heavy (non-hydrogen) atoms. The van der Waals surface area contributed by atoms with Gasteiger partial charge in [-0.15, -0.1) is 0 Å². The monoisotopic (exact) mass is 403 g/mol. The number of aryl methyl sites for hydroxylation is 1. The Morgan fingerprint density at radius 2 is 1.69 bits per heavy atom. The SMILES string of the molecule is Cc1ccc2ncc(C(=O)NC(c3ccccc3)c3ccc(Cl)cc3)c(=O)n2c1. The molecule has 0 aliphatic carbocycles. The van der Waals surface area contributed by atoms with E-state index < -0.39 is 17.5 Å². The van der Waals surface area contributed by atoms with E-state index >= 15 is 0 Å². The zero-order chi connectivity index (χ0) is 20.4. The molecule has 4 rings (SSSR count). The van der Waals surface area contributed by atoms with Crippen LogP contribution >= 0.6 is 11.6 Å². The first-order chi connectivity index (χ1) is 14.0. The molecule has 0 aliphatic heterocycles. The molecule has 0 spiro atoms. The van der Waals surface area contributed by atoms with Gasteiger partial charge in [-0.3, -0.25) is 14.0 Å². The first kappa shape index (κ1) is 18.9. The van der Waals surface area contributed by atoms with Gasteiger partial charge in [0.2, 0.25) is 0 Å². The summed E-state index contributed by atoms with van der Waals surface area (Å²) < 4.78 is 1.39. The Balaban J connectivity index is 1.74. The van der Waals surface area contributed by atoms with Crippen LogP contribution in [0, 0.1) is 6.92 Å². The van der Waals surface area contributed by atoms with Gasteiger partial charge in [-0.2, -0.15) is 0 Å². The molecule has 1 unspecified atom stereocenters. The van der Waals surface area contributed by atoms with Gasteiger partial charge in [0.25, 0.3) is 11.5 Å². The van der Waals surface area contributed by atoms with E-state index in [0.29, 0.717) is 10.7 Å². The minimum atomic E-state index is -0.484. The Kier molecular flexibility index (Phi) is 5.14. The van der Waals surface area contributed by atoms with Crippen molar-refractivity contribution in [1.29, 1.82) is 0 Å². The van der Waals surface area contributed by atoms with Crippen LogP contribution in [0.25, 0.3) is 5.65 Å². The maximum absolute atomic E-state index is 13.0. The number of pyridine rings is 1. The summed E-state index contributed by atoms with van der Waals surface area (Å²) in [6, 6.07) is 20.0. The molecule has 0 saturated carbocycles. The second-order valence-corrected chi connectivity index (χ2v) is 7.22. The third-order valence-corrected chi connectivity index (χ3v) is 4.96. The van der Waals surface area contributed by atoms with Gasteiger partial charge in [-0.1, -0.05) is 60.1 Å². The fourth-order valence-electron chi connectivity index (χ4n) is 3.21. The molecule has 0 radical (unpaired) electrons. The van der Waals surface area contributed by atoms with Gasteiger partial charge in [0.05, 0.1) is 6.04 Å². The molecule has 144 valence electrons. The highest BCUT2D eigenvalue weighted by Crippen LogP contribution is 2.24. The topological polar surface area (TPSA) is 63.5 Å². The van der Waals surface area contributed by atoms with E-state index in [1.165, 1.54) is 10.6 Å². The molecule has 0 fully saturated rings. The molecule has 0 saturated heterocycles. The minimum absolute atomic E-state index is 0.0111. The summed E-state index contributed by atoms with van der Waals surface area (Å²) in [5, 5.41) is 3.58. The number of hydrogen-bond donors (Lipinski definition) is 1. The number of halogens is 1. The minimum Gasteiger partial charge on any atom is -0.341 e. The largest absolute Gasteiger partial charge is 0.341 e. The van der Waals surface area contributed by atoms with Crippen molar-refractivity contribution in [3.63, 3.8) is 0 Å². The van der Waals surface area contributed by atoms with Crippen molar-refractivity contribution in [3.05, 3.63) is 117 Å². The first-order valence-electron chi connectivity index (χ1n) is 9.12. The molecule has 2 aromatic carbocycles. The summed E-state index contributed by atoms with van der Waals surface area (Å²) in [5.41, 5.74) is 2.74. The van der Waals surface area contributed by atoms with Crippen molar-refractivity contribution in [3.8, 4) is 0 Å². The lowest BCUT2D eigenvalue weighted by Crippen LogP contribution is -2.34. The molecule has 1 atom stereocenters. The molecule has 1 amide bonds. The van der Waals surface area contributed by atoms with E-state index in [1.54, 1.807) is 24.4 Å². The number of aromatic nitrogens is 2. The van der Waals surface area contributed by atoms with Gasteiger partial charge < -0.3 is 5.32 Å². The number of benzene rings is 2. The predicted octanol–water partition coefficient (Wildman–Crippen LogP) is 4.18. The molecule has 5 nitrogen and oxygen atoms in total. The Morgan fingerprint density at radius 3 is 2.41 bits per heavy atom. The maximum atomic E-state index is 13.0. The quantitative estimate of drug-likeness (QED) is 0.556. The summed E-state index contributed by atoms with van der Waals surface area (Å²) in [6.07, 6.45) is 3.00. The van der Waals surface area contributed by atoms with Gasteiger partial charge in [-0.25, -0.2) is 4.98 Å². The summed E-state index contributed by atoms with van der Waals surface area (Å²) in [7, 11) is 0. The fourth-order valence-corrected chi connectivity index (χ4v) is 3.33. The van der Waals surface area contributed by atoms with Gasteiger partial charge >= 0.3 is 0 Å². The number of amides is 1. The Labute approximate surface area is 172 Å². The second kappa shape index (κ2) is 7.89. The number of nitrogens with zero attached hydrogens (tertiary/aromatic N) is 2. The molecule has 0 aliphatic rings. The predicted molar refractivity (Wildman–Crippen MR) is 113 cm³/mol. The first-order valence-corrected chi connectivity index (χ1v) is 9.50. The van der Waals surface area contributed by atoms with E-state index in [1.807, 2.05) is 55.5 Å². The summed E-state index contributed by atoms with van der Waals surface area (Å²) >= 11 is 6.01. The van der Waals surface area contributed by atoms with Crippen molar-refractivity contribution in [2.45, 2.75) is 13.0 Å². The maximum Gasteiger partial charge on any atom is 0.270 e. The lowest BCUT2D eigenvalue weighted by Gasteiger charge is -2.20. The van der Waals surface area contributed by atoms with E-state index in [9.17, 15) is 9.59 Å². The number of nitrogens with one attached hydrogen (secondary N) is 1. The van der Waals surface area contributed by atoms with Crippen LogP contribution < -0.4 is 10.9 Å². The molecular weight excluding hydrogens is 386 g/mol. The Bertz CT molecular complexity index is 1230. The summed E-state index contributed by atoms with van der Waals surface area (Å²) in [6.45, 7) is 1.88. The van der Waals surface area contributed by atoms with E-state index in [2.05, 4.69) is 10.3 Å². The third kappa shape index (κ3) is 3.91. The Hall–Kier alpha value is -3.44. The number of carbonyl (C=O) groups is 1. The van der Waals surface area contributed by atoms with Gasteiger partial charge in [0.15, 0.2) is 0 Å². The van der Waals surface area contributed by atoms with Crippen LogP contribution in [-0.4, -0.2) is 15.3 Å². The molecule has 0 bridgehead atoms. The van der Waals surface area contributed by atoms with E-state index in [4.69, 9.17) is 11.6 Å². The number of hydrogen-bond acceptors (Lipinski definition) is 3. The number of rotatable bonds is 4. The van der Waals surface area contributed by atoms with Crippen molar-refractivity contribution in [2.75, 3.05) is 0 Å². The normalized spacial score (nSPS) is 11.9. The van der Waals surface area contributed by atoms with Crippen LogP contribution in [0.5, 0.6) is 0 Å². The summed E-state index contributed by atoms with van der Waals surface area (Å²) in [5.74, 6) is -0.484. The fraction of sp³-hybridized carbons (Fsp3) is 0.0870. The van der Waals surface area contributed by atoms with Crippen LogP contribution in [0.4, 0.5) is 0 Å². The van der Waals surface area contributed by atoms with Gasteiger partial charge in [0.1, 0.15) is 11.2 Å². The van der Waals surface area contributed by atoms with Crippen LogP contribution in [0.15, 0.2) is 83.9 Å². The van der Waals surface area contributed by atoms with Gasteiger partial charge in [-0.05, 0) is 41.8 Å². The van der Waals surface area contributed by atoms with E-state index in [-0.39, 0.29) is 5.56 Å². The molecular formula is C23H18ClN3O2. The number of carbonyl (C=O) groups excluding carboxylic acids is 1. The highest BCUT2D eigenvalue weighted by atomic mass is 35.5. The van der Waals surface area contributed by atoms with Crippen molar-refractivity contribution < 1.29 is 4.79 Å². The van der Waals surface area contributed by atoms with Crippen LogP contribution in [0.1, 0.15) is 33.1 Å². The molecule has 2 aromatic heterocycles. The van der Waals surface area contributed by atoms with Crippen molar-refractivity contribution >= 4 is 23.2 Å². The lowest BCUT2D eigenvalue weighted by atomic mass is 9.98. The zero-order valence-corrected chi connectivity index (χ0v) is 16.4. The summed E-state index contributed by atoms with van der Waals surface area (Å²) in [4.78, 5) is 30.1. The third-order valence-electron chi connectivity index (χ3n) is 4.71. The second-order valence-electron chi connectivity index (χ2n) is 6.78.